The number of hydrogen-bond donors (Lipinski definition) is 0. The van der Waals surface area contributed by atoms with Gasteiger partial charge in [-0.15, -0.1) is 0 Å². The summed E-state index contributed by atoms with van der Waals surface area (Å²) < 4.78 is 6.55. The summed E-state index contributed by atoms with van der Waals surface area (Å²) in [6.07, 6.45) is 4.14. The van der Waals surface area contributed by atoms with E-state index in [4.69, 9.17) is 16.3 Å². The van der Waals surface area contributed by atoms with Gasteiger partial charge in [-0.25, -0.2) is 4.79 Å². The fraction of sp³-hybridized carbons (Fsp3) is 0.588. The number of amides is 1. The summed E-state index contributed by atoms with van der Waals surface area (Å²) in [5, 5.41) is 0.676. The monoisotopic (exact) mass is 387 g/mol. The summed E-state index contributed by atoms with van der Waals surface area (Å²) in [5.41, 5.74) is 0.448. The van der Waals surface area contributed by atoms with Gasteiger partial charge in [0.15, 0.2) is 0 Å². The van der Waals surface area contributed by atoms with Crippen molar-refractivity contribution in [1.82, 2.24) is 4.90 Å². The van der Waals surface area contributed by atoms with E-state index in [-0.39, 0.29) is 12.1 Å². The van der Waals surface area contributed by atoms with Gasteiger partial charge < -0.3 is 9.64 Å². The van der Waals surface area contributed by atoms with E-state index in [0.717, 1.165) is 35.7 Å². The number of carbonyl (C=O) groups is 1. The first-order chi connectivity index (χ1) is 10.3. The first-order valence-corrected chi connectivity index (χ1v) is 8.87. The molecule has 0 unspecified atom stereocenters. The summed E-state index contributed by atoms with van der Waals surface area (Å²) >= 11 is 9.75. The lowest BCUT2D eigenvalue weighted by atomic mass is 10.1. The number of rotatable bonds is 3. The Balaban J connectivity index is 2.20. The van der Waals surface area contributed by atoms with Crippen LogP contribution >= 0.6 is 27.5 Å². The Morgan fingerprint density at radius 2 is 2.00 bits per heavy atom. The Kier molecular flexibility index (Phi) is 5.78. The van der Waals surface area contributed by atoms with E-state index in [1.165, 1.54) is 0 Å². The molecule has 3 nitrogen and oxygen atoms in total. The second-order valence-electron chi connectivity index (χ2n) is 6.78. The lowest BCUT2D eigenvalue weighted by molar-refractivity contribution is 0.0145. The Bertz CT molecular complexity index is 536. The van der Waals surface area contributed by atoms with Gasteiger partial charge in [0.2, 0.25) is 0 Å². The van der Waals surface area contributed by atoms with Crippen LogP contribution in [0.2, 0.25) is 5.02 Å². The van der Waals surface area contributed by atoms with Gasteiger partial charge in [-0.1, -0.05) is 40.4 Å². The minimum absolute atomic E-state index is 0.241. The van der Waals surface area contributed by atoms with Crippen molar-refractivity contribution < 1.29 is 9.53 Å². The van der Waals surface area contributed by atoms with Gasteiger partial charge in [-0.05, 0) is 57.4 Å². The molecule has 122 valence electrons. The van der Waals surface area contributed by atoms with Crippen molar-refractivity contribution in [2.24, 2.45) is 0 Å². The van der Waals surface area contributed by atoms with Gasteiger partial charge in [0, 0.05) is 15.5 Å². The number of carbonyl (C=O) groups excluding carboxylic acids is 1. The molecule has 1 fully saturated rings. The van der Waals surface area contributed by atoms with Crippen LogP contribution in [0.25, 0.3) is 0 Å². The van der Waals surface area contributed by atoms with Crippen LogP contribution in [0.15, 0.2) is 22.7 Å². The third-order valence-electron chi connectivity index (χ3n) is 3.74. The average Bonchev–Trinajstić information content (AvgIpc) is 2.91. The molecule has 1 amide bonds. The average molecular weight is 389 g/mol. The SMILES string of the molecule is CC(C)(C)OC(=O)N(Cc1cc(Br)ccc1Cl)C1CCCC1. The smallest absolute Gasteiger partial charge is 0.410 e. The van der Waals surface area contributed by atoms with Gasteiger partial charge in [0.1, 0.15) is 5.60 Å². The molecule has 1 aliphatic carbocycles. The standard InChI is InChI=1S/C17H23BrClNO2/c1-17(2,3)22-16(21)20(14-6-4-5-7-14)11-12-10-13(18)8-9-15(12)19/h8-10,14H,4-7,11H2,1-3H3. The normalized spacial score (nSPS) is 15.9. The van der Waals surface area contributed by atoms with Crippen LogP contribution in [0.4, 0.5) is 4.79 Å². The van der Waals surface area contributed by atoms with Crippen molar-refractivity contribution in [3.8, 4) is 0 Å². The molecule has 1 saturated carbocycles. The van der Waals surface area contributed by atoms with Crippen LogP contribution in [0, 0.1) is 0 Å². The van der Waals surface area contributed by atoms with Crippen molar-refractivity contribution in [3.63, 3.8) is 0 Å². The van der Waals surface area contributed by atoms with Gasteiger partial charge in [-0.2, -0.15) is 0 Å². The molecule has 2 rings (SSSR count). The zero-order valence-electron chi connectivity index (χ0n) is 13.4. The Morgan fingerprint density at radius 3 is 2.59 bits per heavy atom. The van der Waals surface area contributed by atoms with E-state index in [2.05, 4.69) is 15.9 Å². The van der Waals surface area contributed by atoms with Crippen LogP contribution < -0.4 is 0 Å². The van der Waals surface area contributed by atoms with Crippen molar-refractivity contribution in [1.29, 1.82) is 0 Å². The lowest BCUT2D eigenvalue weighted by Gasteiger charge is -2.32. The van der Waals surface area contributed by atoms with E-state index < -0.39 is 5.60 Å². The zero-order valence-corrected chi connectivity index (χ0v) is 15.7. The molecule has 0 atom stereocenters. The first-order valence-electron chi connectivity index (χ1n) is 7.70. The van der Waals surface area contributed by atoms with E-state index in [0.29, 0.717) is 11.6 Å². The summed E-state index contributed by atoms with van der Waals surface area (Å²) in [5.74, 6) is 0. The number of benzene rings is 1. The van der Waals surface area contributed by atoms with Gasteiger partial charge in [0.25, 0.3) is 0 Å². The molecule has 0 radical (unpaired) electrons. The number of hydrogen-bond acceptors (Lipinski definition) is 2. The summed E-state index contributed by atoms with van der Waals surface area (Å²) in [6, 6.07) is 5.96. The van der Waals surface area contributed by atoms with Crippen LogP contribution in [0.5, 0.6) is 0 Å². The summed E-state index contributed by atoms with van der Waals surface area (Å²) in [6.45, 7) is 6.16. The molecule has 0 N–H and O–H groups in total. The second-order valence-corrected chi connectivity index (χ2v) is 8.11. The molecule has 0 aromatic heterocycles. The van der Waals surface area contributed by atoms with Crippen LogP contribution in [-0.4, -0.2) is 22.6 Å². The predicted octanol–water partition coefficient (Wildman–Crippen LogP) is 5.78. The van der Waals surface area contributed by atoms with E-state index in [1.54, 1.807) is 0 Å². The second kappa shape index (κ2) is 7.22. The molecule has 0 bridgehead atoms. The molecule has 1 aromatic carbocycles. The highest BCUT2D eigenvalue weighted by molar-refractivity contribution is 9.10. The maximum absolute atomic E-state index is 12.6. The van der Waals surface area contributed by atoms with Crippen LogP contribution in [0.3, 0.4) is 0 Å². The topological polar surface area (TPSA) is 29.5 Å². The minimum Gasteiger partial charge on any atom is -0.444 e. The molecule has 1 aliphatic rings. The highest BCUT2D eigenvalue weighted by Crippen LogP contribution is 2.29. The van der Waals surface area contributed by atoms with Crippen LogP contribution in [0.1, 0.15) is 52.0 Å². The molecule has 0 saturated heterocycles. The highest BCUT2D eigenvalue weighted by atomic mass is 79.9. The van der Waals surface area contributed by atoms with Gasteiger partial charge in [-0.3, -0.25) is 0 Å². The van der Waals surface area contributed by atoms with E-state index in [9.17, 15) is 4.79 Å². The highest BCUT2D eigenvalue weighted by Gasteiger charge is 2.30. The molecule has 5 heteroatoms. The summed E-state index contributed by atoms with van der Waals surface area (Å²) in [7, 11) is 0. The molecule has 22 heavy (non-hydrogen) atoms. The number of ether oxygens (including phenoxy) is 1. The number of nitrogens with zero attached hydrogens (tertiary/aromatic N) is 1. The third kappa shape index (κ3) is 4.88. The fourth-order valence-corrected chi connectivity index (χ4v) is 3.31. The van der Waals surface area contributed by atoms with Gasteiger partial charge >= 0.3 is 6.09 Å². The van der Waals surface area contributed by atoms with Crippen molar-refractivity contribution in [2.75, 3.05) is 0 Å². The Morgan fingerprint density at radius 1 is 1.36 bits per heavy atom. The zero-order chi connectivity index (χ0) is 16.3. The molecule has 0 heterocycles. The molecule has 0 aliphatic heterocycles. The predicted molar refractivity (Wildman–Crippen MR) is 93.2 cm³/mol. The van der Waals surface area contributed by atoms with Gasteiger partial charge in [0.05, 0.1) is 6.54 Å². The third-order valence-corrected chi connectivity index (χ3v) is 4.60. The summed E-state index contributed by atoms with van der Waals surface area (Å²) in [4.78, 5) is 14.4. The van der Waals surface area contributed by atoms with Crippen molar-refractivity contribution in [2.45, 2.75) is 64.6 Å². The van der Waals surface area contributed by atoms with Crippen LogP contribution in [-0.2, 0) is 11.3 Å². The quantitative estimate of drug-likeness (QED) is 0.656. The molecular formula is C17H23BrClNO2. The maximum Gasteiger partial charge on any atom is 0.410 e. The Labute approximate surface area is 146 Å². The van der Waals surface area contributed by atoms with E-state index in [1.807, 2.05) is 43.9 Å². The maximum atomic E-state index is 12.6. The van der Waals surface area contributed by atoms with Crippen molar-refractivity contribution >= 4 is 33.6 Å². The van der Waals surface area contributed by atoms with Crippen molar-refractivity contribution in [3.05, 3.63) is 33.3 Å². The minimum atomic E-state index is -0.491. The first kappa shape index (κ1) is 17.6. The molecular weight excluding hydrogens is 366 g/mol. The lowest BCUT2D eigenvalue weighted by Crippen LogP contribution is -2.41. The molecule has 1 aromatic rings. The largest absolute Gasteiger partial charge is 0.444 e. The Hall–Kier alpha value is -0.740. The fourth-order valence-electron chi connectivity index (χ4n) is 2.73. The molecule has 0 spiro atoms. The number of halogens is 2. The van der Waals surface area contributed by atoms with E-state index >= 15 is 0 Å².